The van der Waals surface area contributed by atoms with Gasteiger partial charge in [-0.15, -0.1) is 0 Å². The zero-order valence-corrected chi connectivity index (χ0v) is 26.4. The quantitative estimate of drug-likeness (QED) is 0.167. The van der Waals surface area contributed by atoms with E-state index in [1.54, 1.807) is 0 Å². The van der Waals surface area contributed by atoms with E-state index >= 15 is 0 Å². The normalized spacial score (nSPS) is 48.7. The van der Waals surface area contributed by atoms with Gasteiger partial charge in [-0.3, -0.25) is 4.18 Å². The second kappa shape index (κ2) is 10.4. The van der Waals surface area contributed by atoms with Crippen LogP contribution in [0.15, 0.2) is 11.6 Å². The Morgan fingerprint density at radius 2 is 1.70 bits per heavy atom. The number of hydrogen-bond acceptors (Lipinski definition) is 7. The Morgan fingerprint density at radius 3 is 2.32 bits per heavy atom. The van der Waals surface area contributed by atoms with Crippen molar-refractivity contribution in [3.63, 3.8) is 0 Å². The maximum absolute atomic E-state index is 11.5. The van der Waals surface area contributed by atoms with E-state index in [4.69, 9.17) is 8.92 Å². The molecule has 5 aliphatic rings. The van der Waals surface area contributed by atoms with Crippen LogP contribution < -0.4 is 29.6 Å². The van der Waals surface area contributed by atoms with Crippen LogP contribution in [0.4, 0.5) is 0 Å². The Hall–Kier alpha value is 0.490. The zero-order valence-electron chi connectivity index (χ0n) is 23.6. The van der Waals surface area contributed by atoms with E-state index in [0.29, 0.717) is 54.6 Å². The molecule has 7 nitrogen and oxygen atoms in total. The summed E-state index contributed by atoms with van der Waals surface area (Å²) in [6, 6.07) is 0. The van der Waals surface area contributed by atoms with Crippen molar-refractivity contribution in [3.8, 4) is 0 Å². The number of allylic oxidation sites excluding steroid dienone is 2. The molecule has 206 valence electrons. The second-order valence-electron chi connectivity index (χ2n) is 13.6. The first-order chi connectivity index (χ1) is 16.7. The molecule has 0 aromatic carbocycles. The van der Waals surface area contributed by atoms with Gasteiger partial charge in [0.2, 0.25) is 10.4 Å². The second-order valence-corrected chi connectivity index (χ2v) is 14.7. The van der Waals surface area contributed by atoms with E-state index in [0.717, 1.165) is 19.3 Å². The molecule has 1 aliphatic heterocycles. The Kier molecular flexibility index (Phi) is 8.56. The predicted octanol–water partition coefficient (Wildman–Crippen LogP) is 1.05. The van der Waals surface area contributed by atoms with Gasteiger partial charge in [0.25, 0.3) is 0 Å². The maximum atomic E-state index is 11.5. The molecule has 0 spiro atoms. The first kappa shape index (κ1) is 30.4. The Morgan fingerprint density at radius 1 is 1.05 bits per heavy atom. The molecular formula is C28H45NaO7S. The van der Waals surface area contributed by atoms with Crippen LogP contribution in [0.3, 0.4) is 0 Å². The van der Waals surface area contributed by atoms with Gasteiger partial charge >= 0.3 is 29.6 Å². The van der Waals surface area contributed by atoms with Crippen LogP contribution in [0.1, 0.15) is 80.1 Å². The average Bonchev–Trinajstić information content (AvgIpc) is 3.49. The molecule has 0 aromatic heterocycles. The van der Waals surface area contributed by atoms with Crippen LogP contribution in [0.2, 0.25) is 0 Å². The summed E-state index contributed by atoms with van der Waals surface area (Å²) in [6.07, 6.45) is 4.60. The molecule has 4 aliphatic carbocycles. The summed E-state index contributed by atoms with van der Waals surface area (Å²) in [5, 5.41) is 21.3. The van der Waals surface area contributed by atoms with Gasteiger partial charge in [0.05, 0.1) is 18.3 Å². The minimum absolute atomic E-state index is 0. The van der Waals surface area contributed by atoms with Crippen molar-refractivity contribution >= 4 is 10.4 Å². The molecule has 0 amide bonds. The molecular weight excluding hydrogens is 503 g/mol. The number of rotatable bonds is 6. The zero-order chi connectivity index (χ0) is 26.4. The fourth-order valence-electron chi connectivity index (χ4n) is 9.37. The molecule has 1 heterocycles. The average molecular weight is 549 g/mol. The van der Waals surface area contributed by atoms with E-state index in [-0.39, 0.29) is 46.8 Å². The van der Waals surface area contributed by atoms with Crippen LogP contribution in [-0.2, 0) is 19.3 Å². The van der Waals surface area contributed by atoms with Gasteiger partial charge in [-0.1, -0.05) is 53.2 Å². The molecule has 0 bridgehead atoms. The largest absolute Gasteiger partial charge is 1.00 e. The number of ether oxygens (including phenoxy) is 1. The fourth-order valence-corrected chi connectivity index (χ4v) is 9.89. The van der Waals surface area contributed by atoms with Crippen LogP contribution in [-0.4, -0.2) is 53.7 Å². The maximum Gasteiger partial charge on any atom is 1.00 e. The van der Waals surface area contributed by atoms with E-state index < -0.39 is 34.1 Å². The summed E-state index contributed by atoms with van der Waals surface area (Å²) < 4.78 is 45.5. The summed E-state index contributed by atoms with van der Waals surface area (Å²) in [4.78, 5) is 0. The summed E-state index contributed by atoms with van der Waals surface area (Å²) in [7, 11) is -5.00. The van der Waals surface area contributed by atoms with E-state index in [1.165, 1.54) is 12.0 Å². The molecule has 13 atom stereocenters. The van der Waals surface area contributed by atoms with Crippen molar-refractivity contribution in [2.45, 2.75) is 111 Å². The molecule has 0 radical (unpaired) electrons. The van der Waals surface area contributed by atoms with Crippen molar-refractivity contribution < 1.29 is 61.7 Å². The van der Waals surface area contributed by atoms with Gasteiger partial charge < -0.3 is 19.5 Å². The van der Waals surface area contributed by atoms with Gasteiger partial charge in [0, 0.05) is 0 Å². The molecule has 4 fully saturated rings. The minimum atomic E-state index is -5.00. The molecule has 37 heavy (non-hydrogen) atoms. The molecule has 1 saturated heterocycles. The van der Waals surface area contributed by atoms with Crippen molar-refractivity contribution in [2.75, 3.05) is 0 Å². The molecule has 0 aromatic rings. The summed E-state index contributed by atoms with van der Waals surface area (Å²) >= 11 is 0. The Labute approximate surface area is 245 Å². The third kappa shape index (κ3) is 5.07. The first-order valence-corrected chi connectivity index (χ1v) is 15.4. The van der Waals surface area contributed by atoms with E-state index in [2.05, 4.69) is 47.6 Å². The summed E-state index contributed by atoms with van der Waals surface area (Å²) in [5.74, 6) is 2.63. The molecule has 5 rings (SSSR count). The SMILES string of the molecule is CC(C)[C@H](C)[C@@H]1O[C@H]1[C@@H](C)[C@H]1CC[C@H]2C3=CC[C@H]4[C@H](OS(=O)(=O)[O-])[C@@H](O)[C@H](O)C[C@]4(C)[C@H]3CC[C@]12C.[Na+]. The van der Waals surface area contributed by atoms with Gasteiger partial charge in [-0.25, -0.2) is 8.42 Å². The third-order valence-electron chi connectivity index (χ3n) is 11.7. The number of aliphatic hydroxyl groups excluding tert-OH is 2. The Bertz CT molecular complexity index is 1000. The van der Waals surface area contributed by atoms with Crippen LogP contribution in [0.25, 0.3) is 0 Å². The third-order valence-corrected chi connectivity index (χ3v) is 12.2. The summed E-state index contributed by atoms with van der Waals surface area (Å²) in [6.45, 7) is 13.8. The van der Waals surface area contributed by atoms with Crippen molar-refractivity contribution in [1.82, 2.24) is 0 Å². The van der Waals surface area contributed by atoms with Crippen LogP contribution in [0, 0.1) is 52.3 Å². The van der Waals surface area contributed by atoms with Gasteiger partial charge in [-0.2, -0.15) is 0 Å². The number of fused-ring (bicyclic) bond motifs is 5. The standard InChI is InChI=1S/C28H46O7S.Na/c1-14(2)15(3)24-25(34-24)16(4)18-9-10-19-17-7-8-21-26(35-36(31,32)33)23(30)22(29)13-28(21,6)20(17)11-12-27(18,19)5;/h7,14-16,18-26,29-30H,8-13H2,1-6H3,(H,31,32,33);/q;+1/p-1/t15-,16-,18+,19-,20-,21-,22+,23-,24-,25-,26-,27+,28+;/m0./s1. The van der Waals surface area contributed by atoms with Crippen molar-refractivity contribution in [2.24, 2.45) is 52.3 Å². The molecule has 3 saturated carbocycles. The number of aliphatic hydroxyl groups is 2. The minimum Gasteiger partial charge on any atom is -0.726 e. The van der Waals surface area contributed by atoms with Crippen LogP contribution in [0.5, 0.6) is 0 Å². The molecule has 9 heteroatoms. The topological polar surface area (TPSA) is 119 Å². The fraction of sp³-hybridized carbons (Fsp3) is 0.929. The Balaban J connectivity index is 0.00000320. The monoisotopic (exact) mass is 548 g/mol. The van der Waals surface area contributed by atoms with Crippen molar-refractivity contribution in [3.05, 3.63) is 11.6 Å². The van der Waals surface area contributed by atoms with Crippen LogP contribution >= 0.6 is 0 Å². The smallest absolute Gasteiger partial charge is 0.726 e. The number of hydrogen-bond donors (Lipinski definition) is 2. The molecule has 2 N–H and O–H groups in total. The van der Waals surface area contributed by atoms with Gasteiger partial charge in [0.1, 0.15) is 12.2 Å². The summed E-state index contributed by atoms with van der Waals surface area (Å²) in [5.41, 5.74) is 1.22. The molecule has 0 unspecified atom stereocenters. The number of epoxide rings is 1. The first-order valence-electron chi connectivity index (χ1n) is 14.0. The predicted molar refractivity (Wildman–Crippen MR) is 134 cm³/mol. The van der Waals surface area contributed by atoms with Crippen molar-refractivity contribution in [1.29, 1.82) is 0 Å². The van der Waals surface area contributed by atoms with E-state index in [9.17, 15) is 23.2 Å². The van der Waals surface area contributed by atoms with Gasteiger partial charge in [-0.05, 0) is 90.8 Å². The van der Waals surface area contributed by atoms with E-state index in [1.807, 2.05) is 0 Å². The van der Waals surface area contributed by atoms with Gasteiger partial charge in [0.15, 0.2) is 0 Å².